The molecule has 1 aliphatic rings. The van der Waals surface area contributed by atoms with Gasteiger partial charge in [-0.1, -0.05) is 0 Å². The highest BCUT2D eigenvalue weighted by atomic mass is 16.6. The number of hydrogen-bond donors (Lipinski definition) is 1. The van der Waals surface area contributed by atoms with E-state index in [-0.39, 0.29) is 18.1 Å². The Kier molecular flexibility index (Phi) is 3.50. The molecule has 0 aromatic carbocycles. The van der Waals surface area contributed by atoms with Gasteiger partial charge in [0.1, 0.15) is 11.6 Å². The predicted octanol–water partition coefficient (Wildman–Crippen LogP) is 0.705. The Bertz CT molecular complexity index is 210. The fraction of sp³-hybridized carbons (Fsp3) is 0.900. The van der Waals surface area contributed by atoms with Crippen molar-refractivity contribution in [2.75, 3.05) is 13.2 Å². The summed E-state index contributed by atoms with van der Waals surface area (Å²) in [7, 11) is 0. The van der Waals surface area contributed by atoms with Gasteiger partial charge in [-0.25, -0.2) is 0 Å². The van der Waals surface area contributed by atoms with Crippen molar-refractivity contribution < 1.29 is 14.3 Å². The second-order valence-electron chi connectivity index (χ2n) is 4.69. The second kappa shape index (κ2) is 4.28. The summed E-state index contributed by atoms with van der Waals surface area (Å²) in [6, 6.07) is -0.112. The maximum atomic E-state index is 11.6. The van der Waals surface area contributed by atoms with Gasteiger partial charge in [-0.05, 0) is 27.7 Å². The Morgan fingerprint density at radius 1 is 1.43 bits per heavy atom. The Balaban J connectivity index is 2.44. The van der Waals surface area contributed by atoms with E-state index in [1.807, 2.05) is 27.7 Å². The van der Waals surface area contributed by atoms with Crippen LogP contribution in [0.1, 0.15) is 27.7 Å². The van der Waals surface area contributed by atoms with Crippen molar-refractivity contribution in [1.29, 1.82) is 0 Å². The third-order valence-electron chi connectivity index (χ3n) is 1.83. The zero-order valence-corrected chi connectivity index (χ0v) is 9.29. The van der Waals surface area contributed by atoms with Gasteiger partial charge < -0.3 is 9.47 Å². The first-order valence-electron chi connectivity index (χ1n) is 4.95. The molecular weight excluding hydrogens is 182 g/mol. The van der Waals surface area contributed by atoms with Crippen LogP contribution in [-0.4, -0.2) is 36.9 Å². The number of esters is 1. The minimum Gasteiger partial charge on any atom is -0.459 e. The second-order valence-corrected chi connectivity index (χ2v) is 4.69. The van der Waals surface area contributed by atoms with Gasteiger partial charge in [-0.15, -0.1) is 0 Å². The average molecular weight is 201 g/mol. The Morgan fingerprint density at radius 2 is 2.07 bits per heavy atom. The molecule has 0 aromatic rings. The van der Waals surface area contributed by atoms with Gasteiger partial charge in [-0.2, -0.15) is 0 Å². The van der Waals surface area contributed by atoms with Crippen LogP contribution in [0, 0.1) is 0 Å². The molecule has 0 aliphatic carbocycles. The number of morpholine rings is 1. The van der Waals surface area contributed by atoms with E-state index < -0.39 is 5.60 Å². The lowest BCUT2D eigenvalue weighted by Gasteiger charge is -2.30. The molecule has 1 aliphatic heterocycles. The van der Waals surface area contributed by atoms with Crippen LogP contribution in [-0.2, 0) is 14.3 Å². The Labute approximate surface area is 85.0 Å². The lowest BCUT2D eigenvalue weighted by Crippen LogP contribution is -2.53. The number of nitrogens with one attached hydrogen (secondary N) is 1. The van der Waals surface area contributed by atoms with E-state index in [4.69, 9.17) is 9.47 Å². The molecule has 4 heteroatoms. The van der Waals surface area contributed by atoms with Crippen molar-refractivity contribution >= 4 is 5.97 Å². The third-order valence-corrected chi connectivity index (χ3v) is 1.83. The van der Waals surface area contributed by atoms with Crippen molar-refractivity contribution in [2.45, 2.75) is 45.4 Å². The van der Waals surface area contributed by atoms with Crippen LogP contribution in [0.15, 0.2) is 0 Å². The molecule has 4 nitrogen and oxygen atoms in total. The lowest BCUT2D eigenvalue weighted by molar-refractivity contribution is -0.161. The monoisotopic (exact) mass is 201 g/mol. The normalized spacial score (nSPS) is 28.6. The van der Waals surface area contributed by atoms with Crippen molar-refractivity contribution in [3.63, 3.8) is 0 Å². The number of ether oxygens (including phenoxy) is 2. The molecule has 0 radical (unpaired) electrons. The molecule has 0 spiro atoms. The van der Waals surface area contributed by atoms with Gasteiger partial charge >= 0.3 is 5.97 Å². The van der Waals surface area contributed by atoms with Crippen molar-refractivity contribution in [3.05, 3.63) is 0 Å². The quantitative estimate of drug-likeness (QED) is 0.635. The van der Waals surface area contributed by atoms with E-state index in [1.54, 1.807) is 0 Å². The minimum absolute atomic E-state index is 0.210. The first-order valence-corrected chi connectivity index (χ1v) is 4.95. The van der Waals surface area contributed by atoms with E-state index in [2.05, 4.69) is 5.32 Å². The maximum absolute atomic E-state index is 11.6. The molecular formula is C10H19NO3. The molecule has 0 saturated carbocycles. The van der Waals surface area contributed by atoms with Crippen LogP contribution in [0.2, 0.25) is 0 Å². The molecule has 1 N–H and O–H groups in total. The summed E-state index contributed by atoms with van der Waals surface area (Å²) in [5.41, 5.74) is -0.431. The van der Waals surface area contributed by atoms with Crippen LogP contribution in [0.25, 0.3) is 0 Å². The largest absolute Gasteiger partial charge is 0.459 e. The summed E-state index contributed by atoms with van der Waals surface area (Å²) in [6.07, 6.45) is 0. The smallest absolute Gasteiger partial charge is 0.326 e. The van der Waals surface area contributed by atoms with E-state index >= 15 is 0 Å². The van der Waals surface area contributed by atoms with Crippen molar-refractivity contribution in [2.24, 2.45) is 0 Å². The average Bonchev–Trinajstić information content (AvgIpc) is 2.01. The maximum Gasteiger partial charge on any atom is 0.326 e. The zero-order valence-electron chi connectivity index (χ0n) is 9.29. The summed E-state index contributed by atoms with van der Waals surface area (Å²) in [6.45, 7) is 8.61. The van der Waals surface area contributed by atoms with Gasteiger partial charge in [0.15, 0.2) is 0 Å². The summed E-state index contributed by atoms with van der Waals surface area (Å²) in [5, 5.41) is 3.14. The highest BCUT2D eigenvalue weighted by Gasteiger charge is 2.29. The molecule has 0 bridgehead atoms. The first-order chi connectivity index (χ1) is 6.38. The summed E-state index contributed by atoms with van der Waals surface area (Å²) < 4.78 is 10.5. The van der Waals surface area contributed by atoms with E-state index in [0.29, 0.717) is 13.2 Å². The number of carbonyl (C=O) groups is 1. The fourth-order valence-electron chi connectivity index (χ4n) is 1.31. The van der Waals surface area contributed by atoms with Crippen molar-refractivity contribution in [1.82, 2.24) is 5.32 Å². The van der Waals surface area contributed by atoms with Gasteiger partial charge in [0.2, 0.25) is 0 Å². The molecule has 0 aromatic heterocycles. The first kappa shape index (κ1) is 11.5. The van der Waals surface area contributed by atoms with E-state index in [0.717, 1.165) is 0 Å². The van der Waals surface area contributed by atoms with Crippen LogP contribution < -0.4 is 5.32 Å². The van der Waals surface area contributed by atoms with E-state index in [9.17, 15) is 4.79 Å². The Hall–Kier alpha value is -0.610. The standard InChI is InChI=1S/C10H19NO3/c1-7-5-13-6-8(11-7)9(12)14-10(2,3)4/h7-8,11H,5-6H2,1-4H3/t7-,8-/m0/s1. The lowest BCUT2D eigenvalue weighted by atomic mass is 10.1. The van der Waals surface area contributed by atoms with Crippen LogP contribution in [0.3, 0.4) is 0 Å². The molecule has 1 rings (SSSR count). The van der Waals surface area contributed by atoms with Crippen LogP contribution in [0.5, 0.6) is 0 Å². The van der Waals surface area contributed by atoms with Crippen LogP contribution >= 0.6 is 0 Å². The molecule has 2 atom stereocenters. The number of rotatable bonds is 1. The predicted molar refractivity (Wildman–Crippen MR) is 53.0 cm³/mol. The summed E-state index contributed by atoms with van der Waals surface area (Å²) in [5.74, 6) is -0.232. The highest BCUT2D eigenvalue weighted by Crippen LogP contribution is 2.10. The van der Waals surface area contributed by atoms with Gasteiger partial charge in [0, 0.05) is 6.04 Å². The molecule has 0 amide bonds. The summed E-state index contributed by atoms with van der Waals surface area (Å²) in [4.78, 5) is 11.6. The Morgan fingerprint density at radius 3 is 2.57 bits per heavy atom. The molecule has 0 unspecified atom stereocenters. The van der Waals surface area contributed by atoms with Crippen molar-refractivity contribution in [3.8, 4) is 0 Å². The molecule has 1 fully saturated rings. The number of carbonyl (C=O) groups excluding carboxylic acids is 1. The molecule has 1 saturated heterocycles. The molecule has 1 heterocycles. The zero-order chi connectivity index (χ0) is 10.8. The third kappa shape index (κ3) is 3.64. The van der Waals surface area contributed by atoms with Crippen LogP contribution in [0.4, 0.5) is 0 Å². The topological polar surface area (TPSA) is 47.6 Å². The molecule has 14 heavy (non-hydrogen) atoms. The minimum atomic E-state index is -0.431. The highest BCUT2D eigenvalue weighted by molar-refractivity contribution is 5.76. The fourth-order valence-corrected chi connectivity index (χ4v) is 1.31. The van der Waals surface area contributed by atoms with Gasteiger partial charge in [0.25, 0.3) is 0 Å². The SMILES string of the molecule is C[C@H]1COC[C@@H](C(=O)OC(C)(C)C)N1. The van der Waals surface area contributed by atoms with Gasteiger partial charge in [0.05, 0.1) is 13.2 Å². The van der Waals surface area contributed by atoms with Gasteiger partial charge in [-0.3, -0.25) is 10.1 Å². The molecule has 82 valence electrons. The number of hydrogen-bond acceptors (Lipinski definition) is 4. The summed E-state index contributed by atoms with van der Waals surface area (Å²) >= 11 is 0. The van der Waals surface area contributed by atoms with E-state index in [1.165, 1.54) is 0 Å².